The molecule has 2 aromatic rings. The van der Waals surface area contributed by atoms with Crippen molar-refractivity contribution in [1.82, 2.24) is 5.32 Å². The van der Waals surface area contributed by atoms with Gasteiger partial charge in [0.25, 0.3) is 5.91 Å². The topological polar surface area (TPSA) is 29.1 Å². The molecule has 1 N–H and O–H groups in total. The van der Waals surface area contributed by atoms with E-state index in [4.69, 9.17) is 11.6 Å². The Bertz CT molecular complexity index is 661. The van der Waals surface area contributed by atoms with Crippen LogP contribution >= 0.6 is 11.6 Å². The van der Waals surface area contributed by atoms with Gasteiger partial charge in [-0.2, -0.15) is 0 Å². The molecule has 6 heteroatoms. The minimum atomic E-state index is -1.67. The van der Waals surface area contributed by atoms with Crippen molar-refractivity contribution < 1.29 is 18.0 Å². The van der Waals surface area contributed by atoms with Crippen molar-refractivity contribution in [3.63, 3.8) is 0 Å². The summed E-state index contributed by atoms with van der Waals surface area (Å²) >= 11 is 5.90. The number of carbonyl (C=O) groups excluding carboxylic acids is 1. The van der Waals surface area contributed by atoms with Crippen LogP contribution in [0, 0.1) is 17.5 Å². The lowest BCUT2D eigenvalue weighted by Crippen LogP contribution is -2.24. The highest BCUT2D eigenvalue weighted by atomic mass is 35.5. The third-order valence-electron chi connectivity index (χ3n) is 2.68. The lowest BCUT2D eigenvalue weighted by Gasteiger charge is -2.08. The number of rotatable bonds is 3. The predicted molar refractivity (Wildman–Crippen MR) is 68.9 cm³/mol. The second-order valence-corrected chi connectivity index (χ2v) is 4.40. The number of hydrogen-bond acceptors (Lipinski definition) is 1. The zero-order valence-electron chi connectivity index (χ0n) is 10.1. The largest absolute Gasteiger partial charge is 0.348 e. The molecule has 0 aliphatic heterocycles. The van der Waals surface area contributed by atoms with Gasteiger partial charge < -0.3 is 5.32 Å². The highest BCUT2D eigenvalue weighted by molar-refractivity contribution is 6.31. The van der Waals surface area contributed by atoms with E-state index in [1.54, 1.807) is 24.3 Å². The van der Waals surface area contributed by atoms with Gasteiger partial charge in [0.05, 0.1) is 5.56 Å². The van der Waals surface area contributed by atoms with E-state index in [9.17, 15) is 18.0 Å². The van der Waals surface area contributed by atoms with Crippen molar-refractivity contribution in [2.45, 2.75) is 6.54 Å². The van der Waals surface area contributed by atoms with Crippen molar-refractivity contribution in [3.05, 3.63) is 70.0 Å². The van der Waals surface area contributed by atoms with E-state index in [0.29, 0.717) is 16.7 Å². The Morgan fingerprint density at radius 2 is 1.75 bits per heavy atom. The van der Waals surface area contributed by atoms with Crippen LogP contribution in [0.1, 0.15) is 15.9 Å². The molecule has 0 heterocycles. The molecule has 1 amide bonds. The fraction of sp³-hybridized carbons (Fsp3) is 0.0714. The molecule has 0 aliphatic rings. The second kappa shape index (κ2) is 5.96. The third kappa shape index (κ3) is 2.93. The van der Waals surface area contributed by atoms with Crippen molar-refractivity contribution in [3.8, 4) is 0 Å². The first-order valence-corrected chi connectivity index (χ1v) is 6.03. The Hall–Kier alpha value is -2.01. The fourth-order valence-electron chi connectivity index (χ4n) is 1.61. The van der Waals surface area contributed by atoms with Gasteiger partial charge in [-0.15, -0.1) is 0 Å². The Kier molecular flexibility index (Phi) is 4.29. The van der Waals surface area contributed by atoms with E-state index in [0.717, 1.165) is 6.07 Å². The number of carbonyl (C=O) groups is 1. The van der Waals surface area contributed by atoms with Gasteiger partial charge in [-0.05, 0) is 23.8 Å². The standard InChI is InChI=1S/C14H9ClF3NO/c15-10-4-2-1-3-8(10)7-19-14(20)9-5-6-11(16)13(18)12(9)17/h1-6H,7H2,(H,19,20). The normalized spacial score (nSPS) is 10.4. The van der Waals surface area contributed by atoms with Gasteiger partial charge in [-0.25, -0.2) is 13.2 Å². The highest BCUT2D eigenvalue weighted by Gasteiger charge is 2.18. The molecule has 0 unspecified atom stereocenters. The molecule has 0 spiro atoms. The van der Waals surface area contributed by atoms with Crippen LogP contribution in [0.25, 0.3) is 0 Å². The van der Waals surface area contributed by atoms with E-state index in [1.165, 1.54) is 0 Å². The highest BCUT2D eigenvalue weighted by Crippen LogP contribution is 2.17. The second-order valence-electron chi connectivity index (χ2n) is 4.00. The average molecular weight is 300 g/mol. The lowest BCUT2D eigenvalue weighted by atomic mass is 10.1. The molecule has 2 nitrogen and oxygen atoms in total. The molecule has 0 bridgehead atoms. The number of amides is 1. The maximum absolute atomic E-state index is 13.4. The molecule has 0 saturated carbocycles. The summed E-state index contributed by atoms with van der Waals surface area (Å²) in [4.78, 5) is 11.7. The number of nitrogens with one attached hydrogen (secondary N) is 1. The number of hydrogen-bond donors (Lipinski definition) is 1. The molecular weight excluding hydrogens is 291 g/mol. The maximum Gasteiger partial charge on any atom is 0.254 e. The van der Waals surface area contributed by atoms with E-state index >= 15 is 0 Å². The molecule has 0 fully saturated rings. The first-order valence-electron chi connectivity index (χ1n) is 5.66. The summed E-state index contributed by atoms with van der Waals surface area (Å²) in [5.74, 6) is -5.37. The third-order valence-corrected chi connectivity index (χ3v) is 3.05. The van der Waals surface area contributed by atoms with Crippen LogP contribution in [0.3, 0.4) is 0 Å². The van der Waals surface area contributed by atoms with Crippen molar-refractivity contribution in [2.24, 2.45) is 0 Å². The zero-order chi connectivity index (χ0) is 14.7. The summed E-state index contributed by atoms with van der Waals surface area (Å²) in [5.41, 5.74) is 0.0708. The summed E-state index contributed by atoms with van der Waals surface area (Å²) in [6.45, 7) is 0.0525. The summed E-state index contributed by atoms with van der Waals surface area (Å²) in [6, 6.07) is 8.36. The van der Waals surface area contributed by atoms with Crippen molar-refractivity contribution in [2.75, 3.05) is 0 Å². The molecule has 20 heavy (non-hydrogen) atoms. The van der Waals surface area contributed by atoms with Gasteiger partial charge in [-0.3, -0.25) is 4.79 Å². The quantitative estimate of drug-likeness (QED) is 0.861. The van der Waals surface area contributed by atoms with Crippen molar-refractivity contribution >= 4 is 17.5 Å². The van der Waals surface area contributed by atoms with Crippen LogP contribution < -0.4 is 5.32 Å². The Labute approximate surface area is 118 Å². The van der Waals surface area contributed by atoms with Gasteiger partial charge in [0, 0.05) is 11.6 Å². The lowest BCUT2D eigenvalue weighted by molar-refractivity contribution is 0.0945. The molecule has 2 rings (SSSR count). The first kappa shape index (κ1) is 14.4. The van der Waals surface area contributed by atoms with Gasteiger partial charge in [0.2, 0.25) is 0 Å². The summed E-state index contributed by atoms with van der Waals surface area (Å²) in [7, 11) is 0. The smallest absolute Gasteiger partial charge is 0.254 e. The molecule has 0 aliphatic carbocycles. The van der Waals surface area contributed by atoms with Crippen LogP contribution in [0.4, 0.5) is 13.2 Å². The van der Waals surface area contributed by atoms with E-state index in [-0.39, 0.29) is 6.54 Å². The SMILES string of the molecule is O=C(NCc1ccccc1Cl)c1ccc(F)c(F)c1F. The Morgan fingerprint density at radius 1 is 1.05 bits per heavy atom. The van der Waals surface area contributed by atoms with Gasteiger partial charge >= 0.3 is 0 Å². The molecule has 0 aromatic heterocycles. The van der Waals surface area contributed by atoms with E-state index in [1.807, 2.05) is 0 Å². The van der Waals surface area contributed by atoms with E-state index in [2.05, 4.69) is 5.32 Å². The molecule has 0 atom stereocenters. The molecular formula is C14H9ClF3NO. The van der Waals surface area contributed by atoms with Crippen LogP contribution in [0.5, 0.6) is 0 Å². The molecule has 2 aromatic carbocycles. The first-order chi connectivity index (χ1) is 9.50. The predicted octanol–water partition coefficient (Wildman–Crippen LogP) is 3.69. The minimum Gasteiger partial charge on any atom is -0.348 e. The van der Waals surface area contributed by atoms with Crippen LogP contribution in [0.2, 0.25) is 5.02 Å². The van der Waals surface area contributed by atoms with Crippen LogP contribution in [-0.2, 0) is 6.54 Å². The summed E-state index contributed by atoms with van der Waals surface area (Å²) < 4.78 is 39.2. The minimum absolute atomic E-state index is 0.0525. The maximum atomic E-state index is 13.4. The van der Waals surface area contributed by atoms with Crippen LogP contribution in [-0.4, -0.2) is 5.91 Å². The van der Waals surface area contributed by atoms with Gasteiger partial charge in [0.15, 0.2) is 17.5 Å². The summed E-state index contributed by atoms with van der Waals surface area (Å²) in [5, 5.41) is 2.83. The monoisotopic (exact) mass is 299 g/mol. The summed E-state index contributed by atoms with van der Waals surface area (Å²) in [6.07, 6.45) is 0. The fourth-order valence-corrected chi connectivity index (χ4v) is 1.82. The molecule has 104 valence electrons. The van der Waals surface area contributed by atoms with E-state index < -0.39 is 28.9 Å². The van der Waals surface area contributed by atoms with Gasteiger partial charge in [0.1, 0.15) is 0 Å². The molecule has 0 radical (unpaired) electrons. The number of halogens is 4. The zero-order valence-corrected chi connectivity index (χ0v) is 10.8. The Morgan fingerprint density at radius 3 is 2.45 bits per heavy atom. The average Bonchev–Trinajstić information content (AvgIpc) is 2.44. The number of benzene rings is 2. The Balaban J connectivity index is 2.14. The van der Waals surface area contributed by atoms with Crippen LogP contribution in [0.15, 0.2) is 36.4 Å². The van der Waals surface area contributed by atoms with Gasteiger partial charge in [-0.1, -0.05) is 29.8 Å². The van der Waals surface area contributed by atoms with Crippen molar-refractivity contribution in [1.29, 1.82) is 0 Å². The molecule has 0 saturated heterocycles.